The second-order valence-electron chi connectivity index (χ2n) is 2.79. The highest BCUT2D eigenvalue weighted by Gasteiger charge is 2.04. The van der Waals surface area contributed by atoms with Gasteiger partial charge < -0.3 is 10.4 Å². The molecule has 0 saturated heterocycles. The largest absolute Gasteiger partial charge is 0.396 e. The van der Waals surface area contributed by atoms with E-state index in [0.29, 0.717) is 0 Å². The maximum Gasteiger partial charge on any atom is 0.104 e. The summed E-state index contributed by atoms with van der Waals surface area (Å²) in [5.41, 5.74) is 0. The molecule has 0 rings (SSSR count). The molecule has 0 aliphatic carbocycles. The second-order valence-corrected chi connectivity index (χ2v) is 3.94. The van der Waals surface area contributed by atoms with E-state index in [4.69, 9.17) is 10.4 Å². The third kappa shape index (κ3) is 8.10. The van der Waals surface area contributed by atoms with Crippen LogP contribution in [0.25, 0.3) is 0 Å². The number of hydrogen-bond donors (Lipinski definition) is 2. The lowest BCUT2D eigenvalue weighted by Gasteiger charge is -2.09. The Morgan fingerprint density at radius 3 is 2.92 bits per heavy atom. The molecule has 2 N–H and O–H groups in total. The number of hydrogen-bond acceptors (Lipinski definition) is 4. The topological polar surface area (TPSA) is 56.0 Å². The van der Waals surface area contributed by atoms with Crippen molar-refractivity contribution in [2.24, 2.45) is 0 Å². The van der Waals surface area contributed by atoms with Crippen LogP contribution in [0.1, 0.15) is 19.8 Å². The van der Waals surface area contributed by atoms with Gasteiger partial charge >= 0.3 is 0 Å². The van der Waals surface area contributed by atoms with E-state index in [1.54, 1.807) is 11.8 Å². The summed E-state index contributed by atoms with van der Waals surface area (Å²) < 4.78 is 0. The van der Waals surface area contributed by atoms with Crippen LogP contribution < -0.4 is 5.32 Å². The van der Waals surface area contributed by atoms with Crippen LogP contribution in [0.5, 0.6) is 0 Å². The van der Waals surface area contributed by atoms with Crippen LogP contribution in [0.15, 0.2) is 0 Å². The highest BCUT2D eigenvalue weighted by atomic mass is 32.2. The van der Waals surface area contributed by atoms with E-state index in [1.807, 2.05) is 0 Å². The highest BCUT2D eigenvalue weighted by molar-refractivity contribution is 7.99. The first-order valence-corrected chi connectivity index (χ1v) is 5.82. The Morgan fingerprint density at radius 2 is 2.38 bits per heavy atom. The van der Waals surface area contributed by atoms with Crippen LogP contribution in [0.2, 0.25) is 0 Å². The fraction of sp³-hybridized carbons (Fsp3) is 0.889. The molecule has 0 aromatic carbocycles. The summed E-state index contributed by atoms with van der Waals surface area (Å²) in [6, 6.07) is 2.18. The van der Waals surface area contributed by atoms with Gasteiger partial charge in [-0.1, -0.05) is 6.92 Å². The lowest BCUT2D eigenvalue weighted by atomic mass is 10.3. The number of nitrogens with zero attached hydrogens (tertiary/aromatic N) is 1. The molecule has 13 heavy (non-hydrogen) atoms. The molecule has 0 amide bonds. The first-order chi connectivity index (χ1) is 6.35. The van der Waals surface area contributed by atoms with Gasteiger partial charge in [0.2, 0.25) is 0 Å². The fourth-order valence-corrected chi connectivity index (χ4v) is 1.76. The summed E-state index contributed by atoms with van der Waals surface area (Å²) in [5, 5.41) is 20.4. The van der Waals surface area contributed by atoms with Gasteiger partial charge in [-0.2, -0.15) is 17.0 Å². The minimum atomic E-state index is -0.0383. The van der Waals surface area contributed by atoms with E-state index in [-0.39, 0.29) is 12.6 Å². The van der Waals surface area contributed by atoms with Crippen molar-refractivity contribution in [1.29, 1.82) is 5.26 Å². The maximum atomic E-state index is 8.73. The quantitative estimate of drug-likeness (QED) is 0.576. The van der Waals surface area contributed by atoms with Gasteiger partial charge in [0.15, 0.2) is 0 Å². The van der Waals surface area contributed by atoms with E-state index in [1.165, 1.54) is 0 Å². The zero-order chi connectivity index (χ0) is 9.94. The van der Waals surface area contributed by atoms with Gasteiger partial charge in [-0.05, 0) is 25.1 Å². The standard InChI is InChI=1S/C9H18N2OS/c1-2-4-11-9(7-10)8-13-6-3-5-12/h9,11-12H,2-6,8H2,1H3. The third-order valence-corrected chi connectivity index (χ3v) is 2.67. The Hall–Kier alpha value is -0.240. The molecule has 0 bridgehead atoms. The minimum absolute atomic E-state index is 0.0383. The van der Waals surface area contributed by atoms with Gasteiger partial charge in [0.1, 0.15) is 6.04 Å². The number of nitrogens with one attached hydrogen (secondary N) is 1. The zero-order valence-electron chi connectivity index (χ0n) is 8.12. The Morgan fingerprint density at radius 1 is 1.62 bits per heavy atom. The Bertz CT molecular complexity index is 147. The number of nitriles is 1. The summed E-state index contributed by atoms with van der Waals surface area (Å²) in [6.45, 7) is 3.23. The molecule has 0 spiro atoms. The molecule has 0 aromatic rings. The van der Waals surface area contributed by atoms with Crippen molar-refractivity contribution >= 4 is 11.8 Å². The normalized spacial score (nSPS) is 12.4. The van der Waals surface area contributed by atoms with Crippen molar-refractivity contribution < 1.29 is 5.11 Å². The first kappa shape index (κ1) is 12.8. The van der Waals surface area contributed by atoms with Crippen LogP contribution >= 0.6 is 11.8 Å². The van der Waals surface area contributed by atoms with E-state index in [0.717, 1.165) is 30.9 Å². The van der Waals surface area contributed by atoms with Gasteiger partial charge in [0.25, 0.3) is 0 Å². The van der Waals surface area contributed by atoms with Crippen molar-refractivity contribution in [2.75, 3.05) is 24.7 Å². The summed E-state index contributed by atoms with van der Waals surface area (Å²) in [7, 11) is 0. The SMILES string of the molecule is CCCNC(C#N)CSCCCO. The molecule has 0 aromatic heterocycles. The average molecular weight is 202 g/mol. The molecule has 0 heterocycles. The summed E-state index contributed by atoms with van der Waals surface area (Å²) in [4.78, 5) is 0. The Balaban J connectivity index is 3.32. The molecule has 0 radical (unpaired) electrons. The van der Waals surface area contributed by atoms with Crippen molar-refractivity contribution in [2.45, 2.75) is 25.8 Å². The summed E-state index contributed by atoms with van der Waals surface area (Å²) >= 11 is 1.72. The molecule has 0 fully saturated rings. The molecule has 1 unspecified atom stereocenters. The predicted molar refractivity (Wildman–Crippen MR) is 56.7 cm³/mol. The molecule has 1 atom stereocenters. The summed E-state index contributed by atoms with van der Waals surface area (Å²) in [5.74, 6) is 1.75. The molecule has 0 aliphatic heterocycles. The van der Waals surface area contributed by atoms with Crippen LogP contribution in [0, 0.1) is 11.3 Å². The van der Waals surface area contributed by atoms with Gasteiger partial charge in [-0.15, -0.1) is 0 Å². The van der Waals surface area contributed by atoms with E-state index < -0.39 is 0 Å². The van der Waals surface area contributed by atoms with Gasteiger partial charge in [0.05, 0.1) is 6.07 Å². The highest BCUT2D eigenvalue weighted by Crippen LogP contribution is 2.04. The lowest BCUT2D eigenvalue weighted by molar-refractivity contribution is 0.296. The number of aliphatic hydroxyl groups excluding tert-OH is 1. The van der Waals surface area contributed by atoms with Gasteiger partial charge in [-0.3, -0.25) is 0 Å². The van der Waals surface area contributed by atoms with E-state index in [2.05, 4.69) is 18.3 Å². The Labute approximate surface area is 84.5 Å². The number of rotatable bonds is 8. The fourth-order valence-electron chi connectivity index (χ4n) is 0.828. The van der Waals surface area contributed by atoms with Crippen molar-refractivity contribution in [3.63, 3.8) is 0 Å². The molecule has 76 valence electrons. The average Bonchev–Trinajstić information content (AvgIpc) is 2.17. The van der Waals surface area contributed by atoms with Gasteiger partial charge in [0, 0.05) is 12.4 Å². The van der Waals surface area contributed by atoms with Crippen LogP contribution in [-0.2, 0) is 0 Å². The lowest BCUT2D eigenvalue weighted by Crippen LogP contribution is -2.30. The van der Waals surface area contributed by atoms with Gasteiger partial charge in [-0.25, -0.2) is 0 Å². The number of thioether (sulfide) groups is 1. The summed E-state index contributed by atoms with van der Waals surface area (Å²) in [6.07, 6.45) is 1.87. The van der Waals surface area contributed by atoms with Crippen LogP contribution in [0.3, 0.4) is 0 Å². The smallest absolute Gasteiger partial charge is 0.104 e. The first-order valence-electron chi connectivity index (χ1n) is 4.66. The molecule has 0 saturated carbocycles. The maximum absolute atomic E-state index is 8.73. The second kappa shape index (κ2) is 9.85. The van der Waals surface area contributed by atoms with Crippen molar-refractivity contribution in [3.8, 4) is 6.07 Å². The Kier molecular flexibility index (Phi) is 9.66. The number of aliphatic hydroxyl groups is 1. The third-order valence-electron chi connectivity index (χ3n) is 1.53. The van der Waals surface area contributed by atoms with Crippen LogP contribution in [-0.4, -0.2) is 35.8 Å². The van der Waals surface area contributed by atoms with Crippen molar-refractivity contribution in [3.05, 3.63) is 0 Å². The van der Waals surface area contributed by atoms with Crippen molar-refractivity contribution in [1.82, 2.24) is 5.32 Å². The van der Waals surface area contributed by atoms with E-state index >= 15 is 0 Å². The monoisotopic (exact) mass is 202 g/mol. The molecule has 0 aliphatic rings. The van der Waals surface area contributed by atoms with Crippen LogP contribution in [0.4, 0.5) is 0 Å². The molecule has 4 heteroatoms. The molecule has 3 nitrogen and oxygen atoms in total. The predicted octanol–water partition coefficient (Wildman–Crippen LogP) is 0.994. The van der Waals surface area contributed by atoms with E-state index in [9.17, 15) is 0 Å². The zero-order valence-corrected chi connectivity index (χ0v) is 8.94. The minimum Gasteiger partial charge on any atom is -0.396 e. The molecular weight excluding hydrogens is 184 g/mol. The molecular formula is C9H18N2OS.